The molecule has 0 atom stereocenters. The Morgan fingerprint density at radius 2 is 1.29 bits per heavy atom. The molecule has 0 saturated heterocycles. The fraction of sp³-hybridized carbons (Fsp3) is 0.611. The predicted molar refractivity (Wildman–Crippen MR) is 107 cm³/mol. The van der Waals surface area contributed by atoms with Crippen molar-refractivity contribution in [1.29, 1.82) is 0 Å². The number of benzene rings is 1. The van der Waals surface area contributed by atoms with Gasteiger partial charge in [0, 0.05) is 0 Å². The number of rotatable bonds is 3. The lowest BCUT2D eigenvalue weighted by Crippen LogP contribution is -2.33. The molecular formula is C18H32P2Si. The van der Waals surface area contributed by atoms with Crippen molar-refractivity contribution >= 4 is 28.5 Å². The molecule has 0 N–H and O–H groups in total. The van der Waals surface area contributed by atoms with E-state index in [2.05, 4.69) is 91.5 Å². The third-order valence-electron chi connectivity index (χ3n) is 3.23. The van der Waals surface area contributed by atoms with Crippen LogP contribution in [0, 0.1) is 0 Å². The first-order valence-electron chi connectivity index (χ1n) is 7.78. The van der Waals surface area contributed by atoms with E-state index in [1.165, 1.54) is 5.56 Å². The van der Waals surface area contributed by atoms with Crippen LogP contribution >= 0.6 is 15.5 Å². The fourth-order valence-corrected chi connectivity index (χ4v) is 14.3. The molecule has 0 fully saturated rings. The van der Waals surface area contributed by atoms with Crippen LogP contribution in [0.5, 0.6) is 0 Å². The van der Waals surface area contributed by atoms with Gasteiger partial charge in [0.1, 0.15) is 0 Å². The van der Waals surface area contributed by atoms with Gasteiger partial charge in [-0.15, -0.1) is 0 Å². The average molecular weight is 338 g/mol. The largest absolute Gasteiger partial charge is 0.0843 e. The molecule has 0 heterocycles. The molecule has 0 amide bonds. The smallest absolute Gasteiger partial charge is 0.0754 e. The first kappa shape index (κ1) is 19.1. The summed E-state index contributed by atoms with van der Waals surface area (Å²) in [5.41, 5.74) is 1.47. The van der Waals surface area contributed by atoms with Crippen molar-refractivity contribution in [1.82, 2.24) is 0 Å². The molecule has 0 bridgehead atoms. The second-order valence-electron chi connectivity index (χ2n) is 8.72. The van der Waals surface area contributed by atoms with Crippen LogP contribution in [0.4, 0.5) is 0 Å². The van der Waals surface area contributed by atoms with Crippen molar-refractivity contribution in [2.75, 3.05) is 0 Å². The van der Waals surface area contributed by atoms with Crippen LogP contribution in [0.3, 0.4) is 0 Å². The van der Waals surface area contributed by atoms with Gasteiger partial charge in [-0.3, -0.25) is 0 Å². The van der Waals surface area contributed by atoms with Crippen LogP contribution in [-0.4, -0.2) is 23.3 Å². The van der Waals surface area contributed by atoms with E-state index >= 15 is 0 Å². The summed E-state index contributed by atoms with van der Waals surface area (Å²) in [7, 11) is 0.171. The Balaban J connectivity index is 3.44. The van der Waals surface area contributed by atoms with Gasteiger partial charge < -0.3 is 0 Å². The Labute approximate surface area is 136 Å². The van der Waals surface area contributed by atoms with Crippen molar-refractivity contribution < 1.29 is 0 Å². The second-order valence-corrected chi connectivity index (χ2v) is 19.9. The van der Waals surface area contributed by atoms with Crippen molar-refractivity contribution in [3.63, 3.8) is 0 Å². The standard InChI is InChI=1S/C18H32P2Si/c1-17(2,3)20(18(4,5)6)19-16(21(7,8)9)15-13-11-10-12-14-15/h10-14H,1-9H3. The van der Waals surface area contributed by atoms with Crippen molar-refractivity contribution in [2.45, 2.75) is 71.5 Å². The Kier molecular flexibility index (Phi) is 6.05. The number of hydrogen-bond donors (Lipinski definition) is 0. The van der Waals surface area contributed by atoms with E-state index in [-0.39, 0.29) is 7.61 Å². The molecule has 0 saturated carbocycles. The Morgan fingerprint density at radius 3 is 1.62 bits per heavy atom. The average Bonchev–Trinajstić information content (AvgIpc) is 2.25. The van der Waals surface area contributed by atoms with Crippen LogP contribution in [0.15, 0.2) is 30.3 Å². The molecule has 0 aliphatic rings. The molecule has 3 heteroatoms. The third kappa shape index (κ3) is 5.63. The molecule has 0 unspecified atom stereocenters. The highest BCUT2D eigenvalue weighted by molar-refractivity contribution is 8.23. The summed E-state index contributed by atoms with van der Waals surface area (Å²) in [5, 5.41) is 0.767. The molecule has 1 aromatic carbocycles. The minimum atomic E-state index is -1.33. The van der Waals surface area contributed by atoms with Crippen LogP contribution in [0.25, 0.3) is 0 Å². The molecule has 21 heavy (non-hydrogen) atoms. The first-order valence-corrected chi connectivity index (χ1v) is 14.2. The fourth-order valence-electron chi connectivity index (χ4n) is 2.64. The lowest BCUT2D eigenvalue weighted by atomic mass is 10.2. The van der Waals surface area contributed by atoms with Crippen LogP contribution in [0.2, 0.25) is 19.6 Å². The van der Waals surface area contributed by atoms with Gasteiger partial charge in [0.2, 0.25) is 0 Å². The zero-order valence-electron chi connectivity index (χ0n) is 15.3. The van der Waals surface area contributed by atoms with Crippen molar-refractivity contribution in [3.05, 3.63) is 35.9 Å². The lowest BCUT2D eigenvalue weighted by Gasteiger charge is -2.40. The summed E-state index contributed by atoms with van der Waals surface area (Å²) in [4.78, 5) is 1.72. The maximum Gasteiger partial charge on any atom is 0.0843 e. The summed E-state index contributed by atoms with van der Waals surface area (Å²) in [6.45, 7) is 22.0. The zero-order valence-corrected chi connectivity index (χ0v) is 18.1. The Bertz CT molecular complexity index is 471. The van der Waals surface area contributed by atoms with E-state index in [9.17, 15) is 0 Å². The quantitative estimate of drug-likeness (QED) is 0.410. The molecule has 0 aliphatic carbocycles. The minimum Gasteiger partial charge on any atom is -0.0754 e. The van der Waals surface area contributed by atoms with E-state index in [0.717, 1.165) is 0 Å². The molecule has 0 aromatic heterocycles. The van der Waals surface area contributed by atoms with Crippen molar-refractivity contribution in [3.8, 4) is 0 Å². The van der Waals surface area contributed by atoms with Crippen LogP contribution in [0.1, 0.15) is 47.1 Å². The maximum absolute atomic E-state index is 2.49. The van der Waals surface area contributed by atoms with E-state index in [4.69, 9.17) is 0 Å². The highest BCUT2D eigenvalue weighted by atomic mass is 32.0. The summed E-state index contributed by atoms with van der Waals surface area (Å²) < 4.78 is 0. The predicted octanol–water partition coefficient (Wildman–Crippen LogP) is 7.02. The van der Waals surface area contributed by atoms with Gasteiger partial charge in [0.25, 0.3) is 0 Å². The van der Waals surface area contributed by atoms with Gasteiger partial charge in [0.15, 0.2) is 0 Å². The molecular weight excluding hydrogens is 306 g/mol. The maximum atomic E-state index is 2.49. The highest BCUT2D eigenvalue weighted by Gasteiger charge is 2.35. The molecule has 1 rings (SSSR count). The summed E-state index contributed by atoms with van der Waals surface area (Å²) >= 11 is 0. The Morgan fingerprint density at radius 1 is 0.857 bits per heavy atom. The molecule has 0 nitrogen and oxygen atoms in total. The van der Waals surface area contributed by atoms with Crippen LogP contribution < -0.4 is 0 Å². The molecule has 118 valence electrons. The SMILES string of the molecule is CC(C)(C)P(P=C(c1ccccc1)[Si](C)(C)C)C(C)(C)C. The van der Waals surface area contributed by atoms with Crippen LogP contribution in [-0.2, 0) is 0 Å². The summed E-state index contributed by atoms with van der Waals surface area (Å²) in [5.74, 6) is 0. The summed E-state index contributed by atoms with van der Waals surface area (Å²) in [6.07, 6.45) is 0. The number of hydrogen-bond acceptors (Lipinski definition) is 0. The van der Waals surface area contributed by atoms with Gasteiger partial charge in [-0.2, -0.15) is 0 Å². The highest BCUT2D eigenvalue weighted by Crippen LogP contribution is 2.69. The molecule has 1 aromatic rings. The van der Waals surface area contributed by atoms with Gasteiger partial charge in [-0.25, -0.2) is 0 Å². The Hall–Kier alpha value is 0.0369. The van der Waals surface area contributed by atoms with E-state index in [0.29, 0.717) is 10.3 Å². The monoisotopic (exact) mass is 338 g/mol. The van der Waals surface area contributed by atoms with Gasteiger partial charge in [0.05, 0.1) is 8.07 Å². The van der Waals surface area contributed by atoms with E-state index in [1.54, 1.807) is 12.8 Å². The van der Waals surface area contributed by atoms with E-state index < -0.39 is 8.07 Å². The second kappa shape index (κ2) is 6.65. The topological polar surface area (TPSA) is 0 Å². The zero-order chi connectivity index (χ0) is 16.5. The summed E-state index contributed by atoms with van der Waals surface area (Å²) in [6, 6.07) is 11.1. The lowest BCUT2D eigenvalue weighted by molar-refractivity contribution is 0.720. The van der Waals surface area contributed by atoms with Gasteiger partial charge in [-0.05, 0) is 28.4 Å². The van der Waals surface area contributed by atoms with Gasteiger partial charge >= 0.3 is 0 Å². The molecule has 0 aliphatic heterocycles. The van der Waals surface area contributed by atoms with Crippen molar-refractivity contribution in [2.24, 2.45) is 0 Å². The van der Waals surface area contributed by atoms with E-state index in [1.807, 2.05) is 0 Å². The molecule has 0 radical (unpaired) electrons. The minimum absolute atomic E-state index is 0.100. The normalized spacial score (nSPS) is 14.7. The van der Waals surface area contributed by atoms with Gasteiger partial charge in [-0.1, -0.05) is 99.4 Å². The third-order valence-corrected chi connectivity index (χ3v) is 15.9. The first-order chi connectivity index (χ1) is 9.33. The molecule has 0 spiro atoms.